The Kier molecular flexibility index (Phi) is 4.24. The molecule has 20 heavy (non-hydrogen) atoms. The van der Waals surface area contributed by atoms with Gasteiger partial charge in [0.15, 0.2) is 5.00 Å². The first-order valence-corrected chi connectivity index (χ1v) is 7.18. The van der Waals surface area contributed by atoms with Crippen LogP contribution in [0.15, 0.2) is 6.07 Å². The van der Waals surface area contributed by atoms with Gasteiger partial charge in [0, 0.05) is 44.0 Å². The summed E-state index contributed by atoms with van der Waals surface area (Å²) in [4.78, 5) is 26.2. The number of amides is 1. The zero-order valence-electron chi connectivity index (χ0n) is 11.4. The molecule has 7 nitrogen and oxygen atoms in total. The van der Waals surface area contributed by atoms with Crippen molar-refractivity contribution in [3.63, 3.8) is 0 Å². The molecule has 0 radical (unpaired) electrons. The predicted octanol–water partition coefficient (Wildman–Crippen LogP) is 1.38. The number of rotatable bonds is 3. The van der Waals surface area contributed by atoms with Crippen molar-refractivity contribution >= 4 is 27.9 Å². The summed E-state index contributed by atoms with van der Waals surface area (Å²) in [6.07, 6.45) is -0.717. The van der Waals surface area contributed by atoms with E-state index in [1.807, 2.05) is 4.90 Å². The number of hydrogen-bond acceptors (Lipinski definition) is 6. The third-order valence-corrected chi connectivity index (χ3v) is 4.69. The van der Waals surface area contributed by atoms with Crippen molar-refractivity contribution in [3.8, 4) is 0 Å². The van der Waals surface area contributed by atoms with Gasteiger partial charge in [-0.25, -0.2) is 0 Å². The number of nitro groups is 1. The minimum Gasteiger partial charge on any atom is -0.388 e. The number of nitrogens with zero attached hydrogens (tertiary/aromatic N) is 3. The summed E-state index contributed by atoms with van der Waals surface area (Å²) >= 11 is 1.24. The Hall–Kier alpha value is -1.67. The molecule has 8 heteroatoms. The lowest BCUT2D eigenvalue weighted by Gasteiger charge is -2.34. The zero-order valence-corrected chi connectivity index (χ0v) is 12.2. The quantitative estimate of drug-likeness (QED) is 0.673. The van der Waals surface area contributed by atoms with E-state index in [2.05, 4.69) is 0 Å². The normalized spacial score (nSPS) is 17.1. The second-order valence-corrected chi connectivity index (χ2v) is 5.83. The Morgan fingerprint density at radius 2 is 2.05 bits per heavy atom. The molecule has 1 aliphatic rings. The molecule has 2 rings (SSSR count). The molecule has 1 aromatic heterocycles. The van der Waals surface area contributed by atoms with Crippen molar-refractivity contribution in [1.82, 2.24) is 4.90 Å². The maximum atomic E-state index is 11.3. The second-order valence-electron chi connectivity index (χ2n) is 4.77. The van der Waals surface area contributed by atoms with Gasteiger partial charge in [0.05, 0.1) is 11.0 Å². The van der Waals surface area contributed by atoms with Gasteiger partial charge in [0.2, 0.25) is 5.91 Å². The minimum absolute atomic E-state index is 0.0231. The van der Waals surface area contributed by atoms with Gasteiger partial charge >= 0.3 is 5.69 Å². The monoisotopic (exact) mass is 299 g/mol. The number of anilines is 1. The van der Waals surface area contributed by atoms with E-state index in [0.29, 0.717) is 36.1 Å². The van der Waals surface area contributed by atoms with E-state index >= 15 is 0 Å². The Balaban J connectivity index is 2.20. The molecule has 0 spiro atoms. The van der Waals surface area contributed by atoms with Crippen LogP contribution in [-0.2, 0) is 4.79 Å². The zero-order chi connectivity index (χ0) is 14.9. The summed E-state index contributed by atoms with van der Waals surface area (Å²) in [7, 11) is 0. The first-order valence-electron chi connectivity index (χ1n) is 6.36. The van der Waals surface area contributed by atoms with Gasteiger partial charge in [-0.1, -0.05) is 0 Å². The molecular weight excluding hydrogens is 282 g/mol. The van der Waals surface area contributed by atoms with Crippen LogP contribution in [0.4, 0.5) is 10.7 Å². The molecule has 0 aliphatic carbocycles. The molecule has 2 heterocycles. The highest BCUT2D eigenvalue weighted by atomic mass is 32.1. The summed E-state index contributed by atoms with van der Waals surface area (Å²) in [6.45, 7) is 5.38. The Labute approximate surface area is 120 Å². The lowest BCUT2D eigenvalue weighted by molar-refractivity contribution is -0.383. The molecule has 1 fully saturated rings. The average molecular weight is 299 g/mol. The van der Waals surface area contributed by atoms with Gasteiger partial charge < -0.3 is 14.9 Å². The number of hydrogen-bond donors (Lipinski definition) is 1. The van der Waals surface area contributed by atoms with E-state index in [9.17, 15) is 20.0 Å². The Bertz CT molecular complexity index is 521. The maximum Gasteiger partial charge on any atom is 0.304 e. The van der Waals surface area contributed by atoms with Gasteiger partial charge in [-0.2, -0.15) is 0 Å². The molecule has 0 bridgehead atoms. The standard InChI is InChI=1S/C12H17N3O4S/c1-8(16)11-7-10(15(18)19)12(20-11)14-5-3-13(4-6-14)9(2)17/h7-8,16H,3-6H2,1-2H3/t8-/m1/s1. The summed E-state index contributed by atoms with van der Waals surface area (Å²) in [5, 5.41) is 21.2. The van der Waals surface area contributed by atoms with Gasteiger partial charge in [-0.3, -0.25) is 14.9 Å². The summed E-state index contributed by atoms with van der Waals surface area (Å²) in [6, 6.07) is 1.43. The first-order chi connectivity index (χ1) is 9.40. The van der Waals surface area contributed by atoms with Crippen molar-refractivity contribution < 1.29 is 14.8 Å². The van der Waals surface area contributed by atoms with Crippen LogP contribution in [-0.4, -0.2) is 47.0 Å². The molecule has 0 saturated carbocycles. The molecule has 1 amide bonds. The average Bonchev–Trinajstić information content (AvgIpc) is 2.84. The fourth-order valence-corrected chi connectivity index (χ4v) is 3.29. The van der Waals surface area contributed by atoms with Gasteiger partial charge in [-0.05, 0) is 6.92 Å². The molecule has 0 unspecified atom stereocenters. The van der Waals surface area contributed by atoms with Crippen molar-refractivity contribution in [2.75, 3.05) is 31.1 Å². The van der Waals surface area contributed by atoms with E-state index in [4.69, 9.17) is 0 Å². The molecular formula is C12H17N3O4S. The van der Waals surface area contributed by atoms with Crippen LogP contribution in [0, 0.1) is 10.1 Å². The topological polar surface area (TPSA) is 86.9 Å². The minimum atomic E-state index is -0.717. The van der Waals surface area contributed by atoms with Crippen LogP contribution in [0.5, 0.6) is 0 Å². The smallest absolute Gasteiger partial charge is 0.304 e. The van der Waals surface area contributed by atoms with Crippen LogP contribution in [0.2, 0.25) is 0 Å². The number of carbonyl (C=O) groups is 1. The highest BCUT2D eigenvalue weighted by Gasteiger charge is 2.28. The van der Waals surface area contributed by atoms with Crippen LogP contribution in [0.1, 0.15) is 24.8 Å². The summed E-state index contributed by atoms with van der Waals surface area (Å²) < 4.78 is 0. The van der Waals surface area contributed by atoms with Gasteiger partial charge in [0.25, 0.3) is 0 Å². The van der Waals surface area contributed by atoms with E-state index < -0.39 is 11.0 Å². The number of thiophene rings is 1. The van der Waals surface area contributed by atoms with Crippen molar-refractivity contribution in [3.05, 3.63) is 21.1 Å². The van der Waals surface area contributed by atoms with E-state index in [1.54, 1.807) is 11.8 Å². The highest BCUT2D eigenvalue weighted by Crippen LogP contribution is 2.40. The SMILES string of the molecule is CC(=O)N1CCN(c2sc([C@@H](C)O)cc2[N+](=O)[O-])CC1. The number of carbonyl (C=O) groups excluding carboxylic acids is 1. The Morgan fingerprint density at radius 1 is 1.45 bits per heavy atom. The number of aliphatic hydroxyl groups excluding tert-OH is 1. The van der Waals surface area contributed by atoms with Crippen LogP contribution in [0.3, 0.4) is 0 Å². The highest BCUT2D eigenvalue weighted by molar-refractivity contribution is 7.16. The Morgan fingerprint density at radius 3 is 2.50 bits per heavy atom. The second kappa shape index (κ2) is 5.76. The number of aliphatic hydroxyl groups is 1. The van der Waals surface area contributed by atoms with Gasteiger partial charge in [-0.15, -0.1) is 11.3 Å². The molecule has 1 aromatic rings. The molecule has 1 aliphatic heterocycles. The van der Waals surface area contributed by atoms with Crippen molar-refractivity contribution in [2.45, 2.75) is 20.0 Å². The molecule has 1 saturated heterocycles. The van der Waals surface area contributed by atoms with Crippen molar-refractivity contribution in [2.24, 2.45) is 0 Å². The first kappa shape index (κ1) is 14.7. The lowest BCUT2D eigenvalue weighted by Crippen LogP contribution is -2.48. The third kappa shape index (κ3) is 2.91. The summed E-state index contributed by atoms with van der Waals surface area (Å²) in [5.74, 6) is 0.0231. The van der Waals surface area contributed by atoms with Crippen LogP contribution >= 0.6 is 11.3 Å². The largest absolute Gasteiger partial charge is 0.388 e. The number of piperazine rings is 1. The molecule has 0 aromatic carbocycles. The predicted molar refractivity (Wildman–Crippen MR) is 76.1 cm³/mol. The third-order valence-electron chi connectivity index (χ3n) is 3.33. The molecule has 110 valence electrons. The van der Waals surface area contributed by atoms with E-state index in [-0.39, 0.29) is 11.6 Å². The maximum absolute atomic E-state index is 11.3. The molecule has 1 N–H and O–H groups in total. The summed E-state index contributed by atoms with van der Waals surface area (Å²) in [5.41, 5.74) is 0.0298. The fraction of sp³-hybridized carbons (Fsp3) is 0.583. The van der Waals surface area contributed by atoms with Crippen LogP contribution < -0.4 is 4.90 Å². The molecule has 1 atom stereocenters. The van der Waals surface area contributed by atoms with Crippen LogP contribution in [0.25, 0.3) is 0 Å². The fourth-order valence-electron chi connectivity index (χ4n) is 2.18. The van der Waals surface area contributed by atoms with Crippen molar-refractivity contribution in [1.29, 1.82) is 0 Å². The van der Waals surface area contributed by atoms with E-state index in [1.165, 1.54) is 24.3 Å². The van der Waals surface area contributed by atoms with E-state index in [0.717, 1.165) is 0 Å². The van der Waals surface area contributed by atoms with Gasteiger partial charge in [0.1, 0.15) is 0 Å². The lowest BCUT2D eigenvalue weighted by atomic mass is 10.3.